The van der Waals surface area contributed by atoms with Crippen molar-refractivity contribution in [1.29, 1.82) is 0 Å². The van der Waals surface area contributed by atoms with Gasteiger partial charge < -0.3 is 10.1 Å². The van der Waals surface area contributed by atoms with Crippen molar-refractivity contribution in [3.8, 4) is 5.75 Å². The van der Waals surface area contributed by atoms with Crippen molar-refractivity contribution in [2.45, 2.75) is 45.7 Å². The normalized spacial score (nSPS) is 12.2. The lowest BCUT2D eigenvalue weighted by Crippen LogP contribution is -2.21. The number of aryl methyl sites for hydroxylation is 1. The minimum atomic E-state index is -4.55. The SMILES string of the molecule is C=CCCCC(CC)COc1ccc(C(F)(F)F)cc1NC(=O)Nc1cnc(C)cn1. The van der Waals surface area contributed by atoms with E-state index in [4.69, 9.17) is 4.74 Å². The Balaban J connectivity index is 2.14. The van der Waals surface area contributed by atoms with Crippen LogP contribution >= 0.6 is 0 Å². The topological polar surface area (TPSA) is 76.1 Å². The fraction of sp³-hybridized carbons (Fsp3) is 0.409. The maximum absolute atomic E-state index is 13.2. The van der Waals surface area contributed by atoms with E-state index in [1.807, 2.05) is 13.0 Å². The molecule has 1 aromatic carbocycles. The summed E-state index contributed by atoms with van der Waals surface area (Å²) in [6.45, 7) is 7.80. The molecule has 1 atom stereocenters. The highest BCUT2D eigenvalue weighted by molar-refractivity contribution is 6.00. The van der Waals surface area contributed by atoms with Crippen molar-refractivity contribution in [2.75, 3.05) is 17.2 Å². The van der Waals surface area contributed by atoms with E-state index < -0.39 is 17.8 Å². The van der Waals surface area contributed by atoms with Gasteiger partial charge >= 0.3 is 12.2 Å². The van der Waals surface area contributed by atoms with Crippen molar-refractivity contribution >= 4 is 17.5 Å². The van der Waals surface area contributed by atoms with Crippen molar-refractivity contribution < 1.29 is 22.7 Å². The molecule has 0 fully saturated rings. The first-order valence-corrected chi connectivity index (χ1v) is 10.0. The molecule has 1 aromatic heterocycles. The molecule has 2 aromatic rings. The third kappa shape index (κ3) is 7.92. The maximum atomic E-state index is 13.2. The first-order chi connectivity index (χ1) is 14.7. The Hall–Kier alpha value is -3.10. The zero-order valence-electron chi connectivity index (χ0n) is 17.6. The van der Waals surface area contributed by atoms with Crippen molar-refractivity contribution in [2.24, 2.45) is 5.92 Å². The number of allylic oxidation sites excluding steroid dienone is 1. The minimum Gasteiger partial charge on any atom is -0.491 e. The number of halogens is 3. The van der Waals surface area contributed by atoms with Crippen LogP contribution in [0.3, 0.4) is 0 Å². The summed E-state index contributed by atoms with van der Waals surface area (Å²) in [6, 6.07) is 2.26. The lowest BCUT2D eigenvalue weighted by molar-refractivity contribution is -0.137. The summed E-state index contributed by atoms with van der Waals surface area (Å²) in [5, 5.41) is 4.87. The fourth-order valence-corrected chi connectivity index (χ4v) is 2.82. The number of aromatic nitrogens is 2. The average Bonchev–Trinajstić information content (AvgIpc) is 2.72. The van der Waals surface area contributed by atoms with Crippen LogP contribution in [0.2, 0.25) is 0 Å². The van der Waals surface area contributed by atoms with E-state index in [1.54, 1.807) is 6.92 Å². The lowest BCUT2D eigenvalue weighted by Gasteiger charge is -2.19. The first-order valence-electron chi connectivity index (χ1n) is 10.0. The molecule has 6 nitrogen and oxygen atoms in total. The van der Waals surface area contributed by atoms with E-state index in [0.717, 1.165) is 37.8 Å². The molecule has 1 heterocycles. The monoisotopic (exact) mass is 436 g/mol. The number of nitrogens with one attached hydrogen (secondary N) is 2. The summed E-state index contributed by atoms with van der Waals surface area (Å²) >= 11 is 0. The van der Waals surface area contributed by atoms with E-state index in [1.165, 1.54) is 18.5 Å². The van der Waals surface area contributed by atoms with Crippen LogP contribution < -0.4 is 15.4 Å². The first kappa shape index (κ1) is 24.2. The molecule has 0 saturated carbocycles. The number of unbranched alkanes of at least 4 members (excludes halogenated alkanes) is 1. The van der Waals surface area contributed by atoms with Crippen LogP contribution in [0, 0.1) is 12.8 Å². The van der Waals surface area contributed by atoms with E-state index >= 15 is 0 Å². The number of amides is 2. The quantitative estimate of drug-likeness (QED) is 0.343. The van der Waals surface area contributed by atoms with Crippen LogP contribution in [0.4, 0.5) is 29.5 Å². The van der Waals surface area contributed by atoms with Crippen LogP contribution in [0.15, 0.2) is 43.2 Å². The second-order valence-corrected chi connectivity index (χ2v) is 7.14. The highest BCUT2D eigenvalue weighted by Crippen LogP contribution is 2.35. The molecule has 2 N–H and O–H groups in total. The van der Waals surface area contributed by atoms with E-state index in [0.29, 0.717) is 12.3 Å². The number of carbonyl (C=O) groups is 1. The highest BCUT2D eigenvalue weighted by Gasteiger charge is 2.31. The number of hydrogen-bond donors (Lipinski definition) is 2. The van der Waals surface area contributed by atoms with Gasteiger partial charge in [0.25, 0.3) is 0 Å². The minimum absolute atomic E-state index is 0.0756. The molecule has 0 aliphatic carbocycles. The molecule has 9 heteroatoms. The average molecular weight is 436 g/mol. The van der Waals surface area contributed by atoms with Crippen LogP contribution in [0.5, 0.6) is 5.75 Å². The predicted molar refractivity (Wildman–Crippen MR) is 114 cm³/mol. The number of urea groups is 1. The summed E-state index contributed by atoms with van der Waals surface area (Å²) in [7, 11) is 0. The number of anilines is 2. The second-order valence-electron chi connectivity index (χ2n) is 7.14. The number of carbonyl (C=O) groups excluding carboxylic acids is 1. The molecule has 31 heavy (non-hydrogen) atoms. The van der Waals surface area contributed by atoms with Crippen LogP contribution in [0.1, 0.15) is 43.9 Å². The molecule has 0 spiro atoms. The Bertz CT molecular complexity index is 870. The molecular formula is C22H27F3N4O2. The van der Waals surface area contributed by atoms with Crippen LogP contribution in [-0.4, -0.2) is 22.6 Å². The van der Waals surface area contributed by atoms with E-state index in [2.05, 4.69) is 27.2 Å². The molecular weight excluding hydrogens is 409 g/mol. The third-order valence-corrected chi connectivity index (χ3v) is 4.65. The Labute approximate surface area is 179 Å². The fourth-order valence-electron chi connectivity index (χ4n) is 2.82. The van der Waals surface area contributed by atoms with Gasteiger partial charge in [-0.1, -0.05) is 19.4 Å². The molecule has 2 amide bonds. The van der Waals surface area contributed by atoms with Gasteiger partial charge in [0.1, 0.15) is 5.75 Å². The van der Waals surface area contributed by atoms with Crippen molar-refractivity contribution in [3.05, 3.63) is 54.5 Å². The van der Waals surface area contributed by atoms with Gasteiger partial charge in [0.2, 0.25) is 0 Å². The highest BCUT2D eigenvalue weighted by atomic mass is 19.4. The predicted octanol–water partition coefficient (Wildman–Crippen LogP) is 6.21. The molecule has 0 saturated heterocycles. The summed E-state index contributed by atoms with van der Waals surface area (Å²) in [6.07, 6.45) is 3.76. The Kier molecular flexibility index (Phi) is 8.84. The Morgan fingerprint density at radius 1 is 1.26 bits per heavy atom. The number of alkyl halides is 3. The molecule has 1 unspecified atom stereocenters. The Morgan fingerprint density at radius 3 is 2.65 bits per heavy atom. The summed E-state index contributed by atoms with van der Waals surface area (Å²) < 4.78 is 45.3. The number of ether oxygens (including phenoxy) is 1. The van der Waals surface area contributed by atoms with E-state index in [9.17, 15) is 18.0 Å². The molecule has 0 aliphatic heterocycles. The van der Waals surface area contributed by atoms with Gasteiger partial charge in [-0.15, -0.1) is 6.58 Å². The molecule has 168 valence electrons. The van der Waals surface area contributed by atoms with Gasteiger partial charge in [0, 0.05) is 0 Å². The zero-order chi connectivity index (χ0) is 22.9. The number of nitrogens with zero attached hydrogens (tertiary/aromatic N) is 2. The molecule has 0 radical (unpaired) electrons. The standard InChI is InChI=1S/C22H27F3N4O2/c1-4-6-7-8-16(5-2)14-31-19-10-9-17(22(23,24)25)11-18(19)28-21(30)29-20-13-26-15(3)12-27-20/h4,9-13,16H,1,5-8,14H2,2-3H3,(H2,27,28,29,30). The van der Waals surface area contributed by atoms with Crippen molar-refractivity contribution in [3.63, 3.8) is 0 Å². The Morgan fingerprint density at radius 2 is 2.03 bits per heavy atom. The van der Waals surface area contributed by atoms with Gasteiger partial charge in [0.05, 0.1) is 35.9 Å². The third-order valence-electron chi connectivity index (χ3n) is 4.65. The second kappa shape index (κ2) is 11.3. The summed E-state index contributed by atoms with van der Waals surface area (Å²) in [5.74, 6) is 0.581. The van der Waals surface area contributed by atoms with Gasteiger partial charge in [-0.3, -0.25) is 10.3 Å². The van der Waals surface area contributed by atoms with Crippen molar-refractivity contribution in [1.82, 2.24) is 9.97 Å². The molecule has 0 aliphatic rings. The number of rotatable bonds is 10. The van der Waals surface area contributed by atoms with E-state index in [-0.39, 0.29) is 23.2 Å². The zero-order valence-corrected chi connectivity index (χ0v) is 17.6. The summed E-state index contributed by atoms with van der Waals surface area (Å²) in [5.41, 5.74) is -0.297. The number of benzene rings is 1. The lowest BCUT2D eigenvalue weighted by atomic mass is 10.0. The maximum Gasteiger partial charge on any atom is 0.416 e. The van der Waals surface area contributed by atoms with Crippen LogP contribution in [-0.2, 0) is 6.18 Å². The van der Waals surface area contributed by atoms with Gasteiger partial charge in [-0.25, -0.2) is 9.78 Å². The largest absolute Gasteiger partial charge is 0.491 e. The number of hydrogen-bond acceptors (Lipinski definition) is 4. The molecule has 0 bridgehead atoms. The van der Waals surface area contributed by atoms with Gasteiger partial charge in [-0.2, -0.15) is 13.2 Å². The van der Waals surface area contributed by atoms with Gasteiger partial charge in [0.15, 0.2) is 5.82 Å². The smallest absolute Gasteiger partial charge is 0.416 e. The summed E-state index contributed by atoms with van der Waals surface area (Å²) in [4.78, 5) is 20.3. The molecule has 2 rings (SSSR count). The van der Waals surface area contributed by atoms with Gasteiger partial charge in [-0.05, 0) is 50.3 Å². The van der Waals surface area contributed by atoms with Crippen LogP contribution in [0.25, 0.3) is 0 Å².